The summed E-state index contributed by atoms with van der Waals surface area (Å²) in [4.78, 5) is 11.4. The molecule has 0 unspecified atom stereocenters. The van der Waals surface area contributed by atoms with Crippen LogP contribution in [-0.2, 0) is 9.53 Å². The van der Waals surface area contributed by atoms with Crippen molar-refractivity contribution in [2.24, 2.45) is 0 Å². The summed E-state index contributed by atoms with van der Waals surface area (Å²) in [5.74, 6) is -0.0712. The lowest BCUT2D eigenvalue weighted by atomic mass is 10.1. The molecule has 0 atom stereocenters. The van der Waals surface area contributed by atoms with Gasteiger partial charge in [0.15, 0.2) is 0 Å². The van der Waals surface area contributed by atoms with Crippen molar-refractivity contribution in [3.8, 4) is 0 Å². The lowest BCUT2D eigenvalue weighted by Gasteiger charge is -2.03. The first kappa shape index (κ1) is 18.9. The molecule has 0 aromatic heterocycles. The summed E-state index contributed by atoms with van der Waals surface area (Å²) in [6.45, 7) is 4.59. The maximum absolute atomic E-state index is 11.4. The van der Waals surface area contributed by atoms with Gasteiger partial charge in [-0.3, -0.25) is 4.79 Å². The van der Waals surface area contributed by atoms with Crippen molar-refractivity contribution < 1.29 is 9.53 Å². The quantitative estimate of drug-likeness (QED) is 0.250. The van der Waals surface area contributed by atoms with Crippen LogP contribution < -0.4 is 0 Å². The fraction of sp³-hybridized carbons (Fsp3) is 0.722. The van der Waals surface area contributed by atoms with Crippen LogP contribution in [0.2, 0.25) is 0 Å². The van der Waals surface area contributed by atoms with Crippen molar-refractivity contribution in [1.82, 2.24) is 0 Å². The Hall–Kier alpha value is -1.05. The molecule has 0 rings (SSSR count). The van der Waals surface area contributed by atoms with Crippen molar-refractivity contribution in [1.29, 1.82) is 0 Å². The van der Waals surface area contributed by atoms with E-state index < -0.39 is 0 Å². The van der Waals surface area contributed by atoms with Crippen molar-refractivity contribution in [3.05, 3.63) is 24.3 Å². The van der Waals surface area contributed by atoms with Gasteiger partial charge in [0.25, 0.3) is 0 Å². The van der Waals surface area contributed by atoms with Crippen LogP contribution in [0.1, 0.15) is 78.1 Å². The minimum atomic E-state index is -0.0712. The van der Waals surface area contributed by atoms with E-state index in [0.29, 0.717) is 13.0 Å². The van der Waals surface area contributed by atoms with E-state index >= 15 is 0 Å². The molecule has 0 amide bonds. The molecule has 0 saturated carbocycles. The van der Waals surface area contributed by atoms with Gasteiger partial charge in [0.05, 0.1) is 0 Å². The summed E-state index contributed by atoms with van der Waals surface area (Å²) >= 11 is 0. The summed E-state index contributed by atoms with van der Waals surface area (Å²) in [6, 6.07) is 0. The van der Waals surface area contributed by atoms with Crippen molar-refractivity contribution >= 4 is 5.97 Å². The topological polar surface area (TPSA) is 26.3 Å². The Balaban J connectivity index is 3.23. The number of allylic oxidation sites excluding steroid dienone is 3. The summed E-state index contributed by atoms with van der Waals surface area (Å²) in [7, 11) is 0. The largest absolute Gasteiger partial charge is 0.461 e. The molecule has 0 aliphatic heterocycles. The number of esters is 1. The number of ether oxygens (including phenoxy) is 1. The summed E-state index contributed by atoms with van der Waals surface area (Å²) in [5, 5.41) is 0. The molecule has 0 fully saturated rings. The van der Waals surface area contributed by atoms with Gasteiger partial charge in [0, 0.05) is 6.42 Å². The summed E-state index contributed by atoms with van der Waals surface area (Å²) in [6.07, 6.45) is 19.6. The van der Waals surface area contributed by atoms with Gasteiger partial charge < -0.3 is 4.74 Å². The molecule has 0 spiro atoms. The zero-order valence-electron chi connectivity index (χ0n) is 13.4. The number of hydrogen-bond donors (Lipinski definition) is 0. The third kappa shape index (κ3) is 15.0. The van der Waals surface area contributed by atoms with Gasteiger partial charge in [-0.05, 0) is 19.4 Å². The van der Waals surface area contributed by atoms with Crippen LogP contribution in [0.15, 0.2) is 24.3 Å². The van der Waals surface area contributed by atoms with E-state index in [0.717, 1.165) is 12.8 Å². The van der Waals surface area contributed by atoms with E-state index in [1.807, 2.05) is 31.2 Å². The SMILES string of the molecule is C/C=C/C=C/COC(=O)CCCCCCCCCCC. The van der Waals surface area contributed by atoms with Gasteiger partial charge in [0.2, 0.25) is 0 Å². The lowest BCUT2D eigenvalue weighted by Crippen LogP contribution is -2.03. The molecule has 20 heavy (non-hydrogen) atoms. The third-order valence-electron chi connectivity index (χ3n) is 3.26. The van der Waals surface area contributed by atoms with Crippen LogP contribution in [0.3, 0.4) is 0 Å². The first-order chi connectivity index (χ1) is 9.81. The van der Waals surface area contributed by atoms with Crippen molar-refractivity contribution in [2.45, 2.75) is 78.1 Å². The highest BCUT2D eigenvalue weighted by Crippen LogP contribution is 2.10. The molecule has 2 nitrogen and oxygen atoms in total. The molecular formula is C18H32O2. The zero-order chi connectivity index (χ0) is 14.9. The molecule has 0 aromatic rings. The van der Waals surface area contributed by atoms with Gasteiger partial charge in [-0.1, -0.05) is 76.5 Å². The molecular weight excluding hydrogens is 248 g/mol. The molecule has 0 heterocycles. The van der Waals surface area contributed by atoms with Gasteiger partial charge in [-0.2, -0.15) is 0 Å². The fourth-order valence-corrected chi connectivity index (χ4v) is 2.04. The van der Waals surface area contributed by atoms with E-state index in [1.54, 1.807) is 0 Å². The predicted octanol–water partition coefficient (Wildman–Crippen LogP) is 5.58. The molecule has 2 heteroatoms. The highest BCUT2D eigenvalue weighted by Gasteiger charge is 2.00. The number of rotatable bonds is 13. The standard InChI is InChI=1S/C18H32O2/c1-3-5-7-9-10-11-12-13-14-16-18(19)20-17-15-8-6-4-2/h4,6,8,15H,3,5,7,9-14,16-17H2,1-2H3/b6-4+,15-8+. The molecule has 0 bridgehead atoms. The average Bonchev–Trinajstić information content (AvgIpc) is 2.45. The Kier molecular flexibility index (Phi) is 15.2. The van der Waals surface area contributed by atoms with Crippen molar-refractivity contribution in [2.75, 3.05) is 6.61 Å². The Morgan fingerprint density at radius 3 is 2.10 bits per heavy atom. The van der Waals surface area contributed by atoms with Crippen LogP contribution >= 0.6 is 0 Å². The lowest BCUT2D eigenvalue weighted by molar-refractivity contribution is -0.142. The third-order valence-corrected chi connectivity index (χ3v) is 3.26. The van der Waals surface area contributed by atoms with Crippen LogP contribution in [0.4, 0.5) is 0 Å². The van der Waals surface area contributed by atoms with Crippen LogP contribution in [-0.4, -0.2) is 12.6 Å². The Morgan fingerprint density at radius 2 is 1.50 bits per heavy atom. The Bertz CT molecular complexity index is 267. The maximum atomic E-state index is 11.4. The van der Waals surface area contributed by atoms with Gasteiger partial charge >= 0.3 is 5.97 Å². The van der Waals surface area contributed by atoms with E-state index in [2.05, 4.69) is 6.92 Å². The summed E-state index contributed by atoms with van der Waals surface area (Å²) in [5.41, 5.74) is 0. The van der Waals surface area contributed by atoms with E-state index in [4.69, 9.17) is 4.74 Å². The molecule has 0 radical (unpaired) electrons. The fourth-order valence-electron chi connectivity index (χ4n) is 2.04. The minimum absolute atomic E-state index is 0.0712. The molecule has 116 valence electrons. The van der Waals surface area contributed by atoms with Crippen LogP contribution in [0.5, 0.6) is 0 Å². The van der Waals surface area contributed by atoms with Crippen LogP contribution in [0, 0.1) is 0 Å². The van der Waals surface area contributed by atoms with Gasteiger partial charge in [-0.25, -0.2) is 0 Å². The molecule has 0 saturated heterocycles. The second-order valence-corrected chi connectivity index (χ2v) is 5.22. The highest BCUT2D eigenvalue weighted by molar-refractivity contribution is 5.69. The van der Waals surface area contributed by atoms with Gasteiger partial charge in [-0.15, -0.1) is 0 Å². The van der Waals surface area contributed by atoms with Crippen LogP contribution in [0.25, 0.3) is 0 Å². The smallest absolute Gasteiger partial charge is 0.306 e. The normalized spacial score (nSPS) is 11.5. The van der Waals surface area contributed by atoms with Gasteiger partial charge in [0.1, 0.15) is 6.61 Å². The average molecular weight is 280 g/mol. The second-order valence-electron chi connectivity index (χ2n) is 5.22. The number of carbonyl (C=O) groups excluding carboxylic acids is 1. The summed E-state index contributed by atoms with van der Waals surface area (Å²) < 4.78 is 5.10. The number of hydrogen-bond acceptors (Lipinski definition) is 2. The zero-order valence-corrected chi connectivity index (χ0v) is 13.4. The maximum Gasteiger partial charge on any atom is 0.306 e. The predicted molar refractivity (Wildman–Crippen MR) is 86.8 cm³/mol. The molecule has 0 aromatic carbocycles. The molecule has 0 aliphatic carbocycles. The molecule has 0 N–H and O–H groups in total. The first-order valence-corrected chi connectivity index (χ1v) is 8.24. The van der Waals surface area contributed by atoms with E-state index in [9.17, 15) is 4.79 Å². The monoisotopic (exact) mass is 280 g/mol. The number of unbranched alkanes of at least 4 members (excludes halogenated alkanes) is 8. The first-order valence-electron chi connectivity index (χ1n) is 8.24. The highest BCUT2D eigenvalue weighted by atomic mass is 16.5. The Labute approximate surface area is 125 Å². The minimum Gasteiger partial charge on any atom is -0.461 e. The van der Waals surface area contributed by atoms with Crippen molar-refractivity contribution in [3.63, 3.8) is 0 Å². The second kappa shape index (κ2) is 16.0. The van der Waals surface area contributed by atoms with E-state index in [-0.39, 0.29) is 5.97 Å². The Morgan fingerprint density at radius 1 is 0.900 bits per heavy atom. The molecule has 0 aliphatic rings. The number of carbonyl (C=O) groups is 1. The van der Waals surface area contributed by atoms with E-state index in [1.165, 1.54) is 44.9 Å².